The van der Waals surface area contributed by atoms with Crippen LogP contribution in [0.5, 0.6) is 0 Å². The molecule has 7 nitrogen and oxygen atoms in total. The molecule has 2 aromatic rings. The maximum Gasteiger partial charge on any atom is 0.272 e. The van der Waals surface area contributed by atoms with Gasteiger partial charge in [-0.05, 0) is 37.0 Å². The van der Waals surface area contributed by atoms with E-state index in [1.807, 2.05) is 21.9 Å². The fourth-order valence-corrected chi connectivity index (χ4v) is 4.19. The van der Waals surface area contributed by atoms with E-state index in [0.29, 0.717) is 25.3 Å². The maximum atomic E-state index is 13.2. The topological polar surface area (TPSA) is 71.3 Å². The fourth-order valence-electron chi connectivity index (χ4n) is 4.19. The van der Waals surface area contributed by atoms with Crippen LogP contribution in [0.25, 0.3) is 0 Å². The van der Waals surface area contributed by atoms with E-state index in [0.717, 1.165) is 31.4 Å². The zero-order valence-electron chi connectivity index (χ0n) is 15.0. The molecule has 26 heavy (non-hydrogen) atoms. The van der Waals surface area contributed by atoms with E-state index in [2.05, 4.69) is 10.1 Å². The van der Waals surface area contributed by atoms with Crippen LogP contribution in [0.1, 0.15) is 35.3 Å². The van der Waals surface area contributed by atoms with Crippen LogP contribution in [0.3, 0.4) is 0 Å². The molecule has 2 aromatic heterocycles. The van der Waals surface area contributed by atoms with E-state index in [-0.39, 0.29) is 11.8 Å². The summed E-state index contributed by atoms with van der Waals surface area (Å²) in [6, 6.07) is 5.61. The van der Waals surface area contributed by atoms with Crippen LogP contribution in [0, 0.1) is 5.41 Å². The molecule has 0 saturated carbocycles. The highest BCUT2D eigenvalue weighted by Crippen LogP contribution is 2.41. The van der Waals surface area contributed by atoms with Crippen molar-refractivity contribution < 1.29 is 9.59 Å². The number of pyridine rings is 1. The Bertz CT molecular complexity index is 818. The standard InChI is InChI=1S/C19H23N5O2/c1-22-16(5-9-21-22)17(25)24-10-3-6-19(14-24)7-11-23(18(19)26)13-15-4-2-8-20-12-15/h2,4-5,8-9,12H,3,6-7,10-11,13-14H2,1H3/t19-/m1/s1. The van der Waals surface area contributed by atoms with Crippen LogP contribution in [0.15, 0.2) is 36.8 Å². The Balaban J connectivity index is 1.49. The number of piperidine rings is 1. The van der Waals surface area contributed by atoms with Gasteiger partial charge in [0.2, 0.25) is 5.91 Å². The second-order valence-electron chi connectivity index (χ2n) is 7.29. The fraction of sp³-hybridized carbons (Fsp3) is 0.474. The number of carbonyl (C=O) groups excluding carboxylic acids is 2. The predicted molar refractivity (Wildman–Crippen MR) is 95.0 cm³/mol. The molecule has 0 radical (unpaired) electrons. The highest BCUT2D eigenvalue weighted by Gasteiger charge is 2.49. The molecule has 0 aliphatic carbocycles. The van der Waals surface area contributed by atoms with E-state index in [4.69, 9.17) is 0 Å². The van der Waals surface area contributed by atoms with Gasteiger partial charge < -0.3 is 9.80 Å². The first kappa shape index (κ1) is 16.8. The van der Waals surface area contributed by atoms with Crippen molar-refractivity contribution in [1.82, 2.24) is 24.6 Å². The number of hydrogen-bond acceptors (Lipinski definition) is 4. The van der Waals surface area contributed by atoms with Crippen LogP contribution >= 0.6 is 0 Å². The molecule has 0 unspecified atom stereocenters. The van der Waals surface area contributed by atoms with Crippen molar-refractivity contribution in [3.63, 3.8) is 0 Å². The normalized spacial score (nSPS) is 23.0. The number of hydrogen-bond donors (Lipinski definition) is 0. The number of carbonyl (C=O) groups is 2. The van der Waals surface area contributed by atoms with E-state index in [1.165, 1.54) is 0 Å². The lowest BCUT2D eigenvalue weighted by molar-refractivity contribution is -0.138. The van der Waals surface area contributed by atoms with Gasteiger partial charge in [-0.2, -0.15) is 5.10 Å². The summed E-state index contributed by atoms with van der Waals surface area (Å²) in [6.07, 6.45) is 7.68. The van der Waals surface area contributed by atoms with Gasteiger partial charge in [0.1, 0.15) is 5.69 Å². The van der Waals surface area contributed by atoms with Gasteiger partial charge in [-0.3, -0.25) is 19.3 Å². The molecule has 1 spiro atoms. The minimum Gasteiger partial charge on any atom is -0.338 e. The van der Waals surface area contributed by atoms with Crippen molar-refractivity contribution in [1.29, 1.82) is 0 Å². The zero-order chi connectivity index (χ0) is 18.1. The molecule has 4 heterocycles. The highest BCUT2D eigenvalue weighted by molar-refractivity contribution is 5.93. The third-order valence-electron chi connectivity index (χ3n) is 5.60. The Morgan fingerprint density at radius 2 is 2.12 bits per heavy atom. The minimum absolute atomic E-state index is 0.0393. The SMILES string of the molecule is Cn1nccc1C(=O)N1CCC[C@@]2(CCN(Cc3cccnc3)C2=O)C1. The molecule has 1 atom stereocenters. The van der Waals surface area contributed by atoms with Gasteiger partial charge in [-0.25, -0.2) is 0 Å². The van der Waals surface area contributed by atoms with Gasteiger partial charge in [-0.1, -0.05) is 6.07 Å². The summed E-state index contributed by atoms with van der Waals surface area (Å²) >= 11 is 0. The van der Waals surface area contributed by atoms with Gasteiger partial charge in [-0.15, -0.1) is 0 Å². The first-order valence-corrected chi connectivity index (χ1v) is 9.05. The maximum absolute atomic E-state index is 13.2. The quantitative estimate of drug-likeness (QED) is 0.838. The third kappa shape index (κ3) is 2.87. The lowest BCUT2D eigenvalue weighted by Gasteiger charge is -2.39. The van der Waals surface area contributed by atoms with E-state index >= 15 is 0 Å². The average Bonchev–Trinajstić information content (AvgIpc) is 3.21. The van der Waals surface area contributed by atoms with Crippen molar-refractivity contribution in [3.8, 4) is 0 Å². The van der Waals surface area contributed by atoms with Crippen LogP contribution in [-0.2, 0) is 18.4 Å². The number of likely N-dealkylation sites (tertiary alicyclic amines) is 2. The Labute approximate surface area is 152 Å². The Kier molecular flexibility index (Phi) is 4.22. The second-order valence-corrected chi connectivity index (χ2v) is 7.29. The third-order valence-corrected chi connectivity index (χ3v) is 5.60. The lowest BCUT2D eigenvalue weighted by atomic mass is 9.78. The summed E-state index contributed by atoms with van der Waals surface area (Å²) in [4.78, 5) is 33.9. The summed E-state index contributed by atoms with van der Waals surface area (Å²) in [6.45, 7) is 2.52. The average molecular weight is 353 g/mol. The predicted octanol–water partition coefficient (Wildman–Crippen LogP) is 1.47. The lowest BCUT2D eigenvalue weighted by Crippen LogP contribution is -2.50. The molecular formula is C19H23N5O2. The number of nitrogens with zero attached hydrogens (tertiary/aromatic N) is 5. The van der Waals surface area contributed by atoms with Gasteiger partial charge in [0, 0.05) is 51.8 Å². The molecule has 0 bridgehead atoms. The van der Waals surface area contributed by atoms with Crippen molar-refractivity contribution in [2.45, 2.75) is 25.8 Å². The van der Waals surface area contributed by atoms with E-state index < -0.39 is 5.41 Å². The van der Waals surface area contributed by atoms with Crippen molar-refractivity contribution in [2.75, 3.05) is 19.6 Å². The first-order valence-electron chi connectivity index (χ1n) is 9.05. The number of aryl methyl sites for hydroxylation is 1. The van der Waals surface area contributed by atoms with Crippen LogP contribution in [0.2, 0.25) is 0 Å². The number of rotatable bonds is 3. The molecule has 2 saturated heterocycles. The minimum atomic E-state index is -0.436. The van der Waals surface area contributed by atoms with Gasteiger partial charge in [0.15, 0.2) is 0 Å². The molecule has 4 rings (SSSR count). The zero-order valence-corrected chi connectivity index (χ0v) is 15.0. The van der Waals surface area contributed by atoms with E-state index in [9.17, 15) is 9.59 Å². The van der Waals surface area contributed by atoms with Crippen molar-refractivity contribution in [3.05, 3.63) is 48.0 Å². The summed E-state index contributed by atoms with van der Waals surface area (Å²) < 4.78 is 1.59. The highest BCUT2D eigenvalue weighted by atomic mass is 16.2. The van der Waals surface area contributed by atoms with Gasteiger partial charge in [0.05, 0.1) is 5.41 Å². The molecule has 7 heteroatoms. The Morgan fingerprint density at radius 3 is 2.85 bits per heavy atom. The molecule has 2 amide bonds. The number of amides is 2. The smallest absolute Gasteiger partial charge is 0.272 e. The summed E-state index contributed by atoms with van der Waals surface area (Å²) in [5.41, 5.74) is 1.17. The summed E-state index contributed by atoms with van der Waals surface area (Å²) in [5.74, 6) is 0.131. The van der Waals surface area contributed by atoms with Crippen LogP contribution in [0.4, 0.5) is 0 Å². The van der Waals surface area contributed by atoms with Gasteiger partial charge in [0.25, 0.3) is 5.91 Å². The molecule has 0 aromatic carbocycles. The van der Waals surface area contributed by atoms with Gasteiger partial charge >= 0.3 is 0 Å². The monoisotopic (exact) mass is 353 g/mol. The molecular weight excluding hydrogens is 330 g/mol. The molecule has 136 valence electrons. The van der Waals surface area contributed by atoms with Crippen molar-refractivity contribution >= 4 is 11.8 Å². The summed E-state index contributed by atoms with van der Waals surface area (Å²) in [5, 5.41) is 4.08. The van der Waals surface area contributed by atoms with Crippen LogP contribution in [-0.4, -0.2) is 56.0 Å². The Hall–Kier alpha value is -2.70. The second kappa shape index (κ2) is 6.55. The van der Waals surface area contributed by atoms with Crippen LogP contribution < -0.4 is 0 Å². The molecule has 2 fully saturated rings. The molecule has 2 aliphatic rings. The largest absolute Gasteiger partial charge is 0.338 e. The molecule has 2 aliphatic heterocycles. The first-order chi connectivity index (χ1) is 12.6. The molecule has 0 N–H and O–H groups in total. The van der Waals surface area contributed by atoms with Crippen molar-refractivity contribution in [2.24, 2.45) is 12.5 Å². The summed E-state index contributed by atoms with van der Waals surface area (Å²) in [7, 11) is 1.77. The van der Waals surface area contributed by atoms with E-state index in [1.54, 1.807) is 36.4 Å². The Morgan fingerprint density at radius 1 is 1.23 bits per heavy atom. The number of aromatic nitrogens is 3.